The van der Waals surface area contributed by atoms with Gasteiger partial charge in [-0.3, -0.25) is 10.1 Å². The molecule has 0 unspecified atom stereocenters. The van der Waals surface area contributed by atoms with E-state index in [-0.39, 0.29) is 11.8 Å². The van der Waals surface area contributed by atoms with Crippen LogP contribution in [0.25, 0.3) is 0 Å². The number of anilines is 2. The molecule has 1 aromatic carbocycles. The predicted molar refractivity (Wildman–Crippen MR) is 90.2 cm³/mol. The van der Waals surface area contributed by atoms with Gasteiger partial charge < -0.3 is 14.7 Å². The van der Waals surface area contributed by atoms with E-state index >= 15 is 0 Å². The third kappa shape index (κ3) is 3.51. The molecule has 7 nitrogen and oxygen atoms in total. The van der Waals surface area contributed by atoms with Crippen molar-refractivity contribution >= 4 is 35.1 Å². The average Bonchev–Trinajstić information content (AvgIpc) is 2.95. The first kappa shape index (κ1) is 16.3. The number of nitrogens with one attached hydrogen (secondary N) is 2. The average molecular weight is 349 g/mol. The van der Waals surface area contributed by atoms with Gasteiger partial charge in [0.1, 0.15) is 6.04 Å². The molecule has 8 heteroatoms. The molecule has 1 aliphatic rings. The zero-order valence-electron chi connectivity index (χ0n) is 13.1. The number of amides is 3. The van der Waals surface area contributed by atoms with E-state index in [1.165, 1.54) is 0 Å². The number of para-hydroxylation sites is 1. The first-order chi connectivity index (χ1) is 11.5. The van der Waals surface area contributed by atoms with Crippen molar-refractivity contribution in [3.8, 4) is 0 Å². The van der Waals surface area contributed by atoms with E-state index in [0.29, 0.717) is 29.4 Å². The van der Waals surface area contributed by atoms with Crippen molar-refractivity contribution in [3.05, 3.63) is 41.0 Å². The lowest BCUT2D eigenvalue weighted by Crippen LogP contribution is -2.53. The Balaban J connectivity index is 1.67. The summed E-state index contributed by atoms with van der Waals surface area (Å²) in [6.45, 7) is 2.32. The highest BCUT2D eigenvalue weighted by molar-refractivity contribution is 6.33. The molecule has 24 heavy (non-hydrogen) atoms. The minimum atomic E-state index is -0.612. The largest absolute Gasteiger partial charge is 0.338 e. The van der Waals surface area contributed by atoms with E-state index in [9.17, 15) is 9.59 Å². The van der Waals surface area contributed by atoms with Crippen LogP contribution >= 0.6 is 11.6 Å². The smallest absolute Gasteiger partial charge is 0.322 e. The van der Waals surface area contributed by atoms with Crippen LogP contribution in [-0.2, 0) is 4.79 Å². The van der Waals surface area contributed by atoms with Crippen LogP contribution in [0.15, 0.2) is 34.9 Å². The van der Waals surface area contributed by atoms with Crippen LogP contribution in [-0.4, -0.2) is 29.7 Å². The number of nitrogens with zero attached hydrogens (tertiary/aromatic N) is 2. The van der Waals surface area contributed by atoms with Crippen LogP contribution in [0, 0.1) is 6.92 Å². The highest BCUT2D eigenvalue weighted by atomic mass is 35.5. The molecule has 1 atom stereocenters. The number of aryl methyl sites for hydroxylation is 1. The molecule has 126 valence electrons. The number of halogens is 1. The van der Waals surface area contributed by atoms with Gasteiger partial charge in [-0.25, -0.2) is 4.79 Å². The third-order valence-corrected chi connectivity index (χ3v) is 4.07. The van der Waals surface area contributed by atoms with Crippen molar-refractivity contribution in [2.75, 3.05) is 16.8 Å². The Bertz CT molecular complexity index is 761. The lowest BCUT2D eigenvalue weighted by Gasteiger charge is -2.33. The molecule has 0 spiro atoms. The van der Waals surface area contributed by atoms with E-state index in [1.807, 2.05) is 12.1 Å². The minimum Gasteiger partial charge on any atom is -0.338 e. The second-order valence-corrected chi connectivity index (χ2v) is 5.97. The third-order valence-electron chi connectivity index (χ3n) is 3.75. The Morgan fingerprint density at radius 1 is 1.42 bits per heavy atom. The van der Waals surface area contributed by atoms with Crippen molar-refractivity contribution in [2.45, 2.75) is 25.8 Å². The summed E-state index contributed by atoms with van der Waals surface area (Å²) >= 11 is 6.17. The van der Waals surface area contributed by atoms with Gasteiger partial charge in [-0.1, -0.05) is 28.9 Å². The highest BCUT2D eigenvalue weighted by Gasteiger charge is 2.31. The monoisotopic (exact) mass is 348 g/mol. The normalized spacial score (nSPS) is 17.7. The summed E-state index contributed by atoms with van der Waals surface area (Å²) in [6.07, 6.45) is 1.34. The Hall–Kier alpha value is -2.54. The zero-order valence-corrected chi connectivity index (χ0v) is 13.8. The van der Waals surface area contributed by atoms with Gasteiger partial charge in [0.2, 0.25) is 11.8 Å². The second kappa shape index (κ2) is 6.92. The molecular weight excluding hydrogens is 332 g/mol. The number of hydrogen-bond donors (Lipinski definition) is 2. The van der Waals surface area contributed by atoms with E-state index in [1.54, 1.807) is 30.0 Å². The quantitative estimate of drug-likeness (QED) is 0.892. The number of piperidine rings is 1. The summed E-state index contributed by atoms with van der Waals surface area (Å²) in [6, 6.07) is 7.63. The van der Waals surface area contributed by atoms with Gasteiger partial charge in [0, 0.05) is 12.6 Å². The molecule has 1 saturated heterocycles. The molecule has 3 amide bonds. The van der Waals surface area contributed by atoms with Gasteiger partial charge in [0.25, 0.3) is 0 Å². The maximum atomic E-state index is 12.7. The lowest BCUT2D eigenvalue weighted by atomic mass is 10.0. The molecule has 0 bridgehead atoms. The molecule has 1 aliphatic heterocycles. The summed E-state index contributed by atoms with van der Waals surface area (Å²) in [5, 5.41) is 9.39. The molecule has 0 radical (unpaired) electrons. The first-order valence-electron chi connectivity index (χ1n) is 7.61. The highest BCUT2D eigenvalue weighted by Crippen LogP contribution is 2.28. The predicted octanol–water partition coefficient (Wildman–Crippen LogP) is 2.95. The summed E-state index contributed by atoms with van der Waals surface area (Å²) in [5.41, 5.74) is 1.31. The van der Waals surface area contributed by atoms with Crippen LogP contribution in [0.5, 0.6) is 0 Å². The maximum absolute atomic E-state index is 12.7. The van der Waals surface area contributed by atoms with Crippen LogP contribution in [0.1, 0.15) is 18.5 Å². The second-order valence-electron chi connectivity index (χ2n) is 5.57. The van der Waals surface area contributed by atoms with Gasteiger partial charge in [-0.2, -0.15) is 0 Å². The van der Waals surface area contributed by atoms with E-state index in [0.717, 1.165) is 6.42 Å². The molecule has 2 aromatic rings. The van der Waals surface area contributed by atoms with Crippen LogP contribution in [0.3, 0.4) is 0 Å². The van der Waals surface area contributed by atoms with Crippen molar-refractivity contribution in [3.63, 3.8) is 0 Å². The number of benzene rings is 1. The van der Waals surface area contributed by atoms with Crippen molar-refractivity contribution in [2.24, 2.45) is 0 Å². The molecule has 2 heterocycles. The standard InChI is InChI=1S/C16H17ClN4O3/c1-10-9-14(24-20-10)19-16(23)18-12-6-4-8-21(15(12)22)13-7-3-2-5-11(13)17/h2-3,5,7,9,12H,4,6,8H2,1H3,(H2,18,19,23)/t12-/m1/s1. The molecule has 1 fully saturated rings. The van der Waals surface area contributed by atoms with Crippen LogP contribution in [0.4, 0.5) is 16.4 Å². The topological polar surface area (TPSA) is 87.5 Å². The van der Waals surface area contributed by atoms with Gasteiger partial charge in [-0.15, -0.1) is 0 Å². The summed E-state index contributed by atoms with van der Waals surface area (Å²) in [7, 11) is 0. The van der Waals surface area contributed by atoms with Crippen molar-refractivity contribution in [1.29, 1.82) is 0 Å². The minimum absolute atomic E-state index is 0.182. The number of rotatable bonds is 3. The van der Waals surface area contributed by atoms with Crippen molar-refractivity contribution in [1.82, 2.24) is 10.5 Å². The van der Waals surface area contributed by atoms with Crippen LogP contribution in [0.2, 0.25) is 5.02 Å². The Morgan fingerprint density at radius 2 is 2.21 bits per heavy atom. The van der Waals surface area contributed by atoms with Crippen molar-refractivity contribution < 1.29 is 14.1 Å². The van der Waals surface area contributed by atoms with Gasteiger partial charge in [0.15, 0.2) is 0 Å². The summed E-state index contributed by atoms with van der Waals surface area (Å²) < 4.78 is 4.92. The Labute approximate surface area is 143 Å². The fourth-order valence-corrected chi connectivity index (χ4v) is 2.89. The molecule has 0 saturated carbocycles. The molecule has 3 rings (SSSR count). The first-order valence-corrected chi connectivity index (χ1v) is 7.99. The van der Waals surface area contributed by atoms with Gasteiger partial charge in [-0.05, 0) is 31.9 Å². The number of hydrogen-bond acceptors (Lipinski definition) is 4. The maximum Gasteiger partial charge on any atom is 0.322 e. The fraction of sp³-hybridized carbons (Fsp3) is 0.312. The molecule has 0 aliphatic carbocycles. The molecule has 2 N–H and O–H groups in total. The Kier molecular flexibility index (Phi) is 4.71. The van der Waals surface area contributed by atoms with Crippen LogP contribution < -0.4 is 15.5 Å². The SMILES string of the molecule is Cc1cc(NC(=O)N[C@@H]2CCCN(c3ccccc3Cl)C2=O)on1. The number of urea groups is 1. The lowest BCUT2D eigenvalue weighted by molar-refractivity contribution is -0.121. The number of carbonyl (C=O) groups excluding carboxylic acids is 2. The van der Waals surface area contributed by atoms with Gasteiger partial charge in [0.05, 0.1) is 16.4 Å². The number of carbonyl (C=O) groups is 2. The van der Waals surface area contributed by atoms with E-state index in [4.69, 9.17) is 16.1 Å². The Morgan fingerprint density at radius 3 is 2.92 bits per heavy atom. The molecule has 1 aromatic heterocycles. The zero-order chi connectivity index (χ0) is 17.1. The summed E-state index contributed by atoms with van der Waals surface area (Å²) in [4.78, 5) is 26.3. The summed E-state index contributed by atoms with van der Waals surface area (Å²) in [5.74, 6) is 0.0504. The fourth-order valence-electron chi connectivity index (χ4n) is 2.65. The van der Waals surface area contributed by atoms with E-state index in [2.05, 4.69) is 15.8 Å². The number of aromatic nitrogens is 1. The van der Waals surface area contributed by atoms with Gasteiger partial charge >= 0.3 is 6.03 Å². The molecular formula is C16H17ClN4O3. The van der Waals surface area contributed by atoms with E-state index < -0.39 is 12.1 Å².